The van der Waals surface area contributed by atoms with Gasteiger partial charge in [-0.2, -0.15) is 5.10 Å². The molecule has 4 nitrogen and oxygen atoms in total. The Bertz CT molecular complexity index is 974. The van der Waals surface area contributed by atoms with Gasteiger partial charge in [0.25, 0.3) is 0 Å². The average molecular weight is 422 g/mol. The van der Waals surface area contributed by atoms with Crippen LogP contribution in [0.5, 0.6) is 5.75 Å². The molecule has 3 aromatic rings. The van der Waals surface area contributed by atoms with Gasteiger partial charge in [0.1, 0.15) is 0 Å². The summed E-state index contributed by atoms with van der Waals surface area (Å²) >= 11 is 12.4. The minimum atomic E-state index is -0.404. The highest BCUT2D eigenvalue weighted by Gasteiger charge is 2.17. The van der Waals surface area contributed by atoms with E-state index in [-0.39, 0.29) is 11.8 Å². The predicted octanol–water partition coefficient (Wildman–Crippen LogP) is 5.72. The van der Waals surface area contributed by atoms with E-state index in [0.29, 0.717) is 22.2 Å². The lowest BCUT2D eigenvalue weighted by Gasteiger charge is -2.11. The molecule has 0 aliphatic rings. The fraction of sp³-hybridized carbons (Fsp3) is 0.286. The Morgan fingerprint density at radius 1 is 1.18 bits per heavy atom. The summed E-state index contributed by atoms with van der Waals surface area (Å²) in [6.45, 7) is 2.08. The highest BCUT2D eigenvalue weighted by atomic mass is 35.5. The van der Waals surface area contributed by atoms with Crippen molar-refractivity contribution in [2.24, 2.45) is 5.73 Å². The first-order valence-corrected chi connectivity index (χ1v) is 9.80. The van der Waals surface area contributed by atoms with Crippen LogP contribution < -0.4 is 10.5 Å². The molecule has 0 spiro atoms. The number of hydrogen-bond acceptors (Lipinski definition) is 3. The molecule has 1 atom stereocenters. The standard InChI is InChI=1S/C21H22Cl2FN3O/c1-3-4-18(25)19-12-15(9-13-5-8-21(28-2)17(24)10-13)27(26-19)20-7-6-14(22)11-16(20)23/h5-8,10-12,18H,3-4,9,25H2,1-2H3. The highest BCUT2D eigenvalue weighted by molar-refractivity contribution is 6.35. The van der Waals surface area contributed by atoms with Crippen molar-refractivity contribution in [1.82, 2.24) is 9.78 Å². The lowest BCUT2D eigenvalue weighted by molar-refractivity contribution is 0.386. The van der Waals surface area contributed by atoms with Gasteiger partial charge in [0, 0.05) is 23.2 Å². The summed E-state index contributed by atoms with van der Waals surface area (Å²) in [6, 6.07) is 11.9. The molecule has 148 valence electrons. The second-order valence-electron chi connectivity index (χ2n) is 6.61. The molecule has 0 aliphatic heterocycles. The van der Waals surface area contributed by atoms with Crippen LogP contribution in [0.15, 0.2) is 42.5 Å². The Morgan fingerprint density at radius 3 is 2.61 bits per heavy atom. The van der Waals surface area contributed by atoms with Crippen LogP contribution in [0.3, 0.4) is 0 Å². The molecule has 0 fully saturated rings. The summed E-state index contributed by atoms with van der Waals surface area (Å²) in [4.78, 5) is 0. The first-order valence-electron chi connectivity index (χ1n) is 9.05. The van der Waals surface area contributed by atoms with E-state index in [0.717, 1.165) is 29.8 Å². The van der Waals surface area contributed by atoms with Crippen LogP contribution in [-0.2, 0) is 6.42 Å². The van der Waals surface area contributed by atoms with E-state index in [4.69, 9.17) is 33.7 Å². The Balaban J connectivity index is 2.04. The van der Waals surface area contributed by atoms with Gasteiger partial charge in [-0.15, -0.1) is 0 Å². The Hall–Kier alpha value is -2.08. The Kier molecular flexibility index (Phi) is 6.60. The van der Waals surface area contributed by atoms with E-state index < -0.39 is 5.82 Å². The normalized spacial score (nSPS) is 12.2. The van der Waals surface area contributed by atoms with Crippen molar-refractivity contribution in [3.8, 4) is 11.4 Å². The summed E-state index contributed by atoms with van der Waals surface area (Å²) < 4.78 is 20.9. The van der Waals surface area contributed by atoms with Gasteiger partial charge >= 0.3 is 0 Å². The van der Waals surface area contributed by atoms with Crippen LogP contribution in [0.2, 0.25) is 10.0 Å². The van der Waals surface area contributed by atoms with Crippen LogP contribution in [0, 0.1) is 5.82 Å². The summed E-state index contributed by atoms with van der Waals surface area (Å²) in [7, 11) is 1.44. The number of methoxy groups -OCH3 is 1. The molecule has 1 heterocycles. The lowest BCUT2D eigenvalue weighted by atomic mass is 10.1. The number of halogens is 3. The largest absolute Gasteiger partial charge is 0.494 e. The average Bonchev–Trinajstić information content (AvgIpc) is 3.06. The molecule has 28 heavy (non-hydrogen) atoms. The van der Waals surface area contributed by atoms with Gasteiger partial charge in [-0.25, -0.2) is 9.07 Å². The van der Waals surface area contributed by atoms with Gasteiger partial charge in [-0.05, 0) is 48.4 Å². The van der Waals surface area contributed by atoms with Gasteiger partial charge in [-0.3, -0.25) is 0 Å². The van der Waals surface area contributed by atoms with Gasteiger partial charge in [0.05, 0.1) is 23.5 Å². The fourth-order valence-corrected chi connectivity index (χ4v) is 3.59. The molecule has 7 heteroatoms. The van der Waals surface area contributed by atoms with Crippen LogP contribution >= 0.6 is 23.2 Å². The molecule has 0 amide bonds. The smallest absolute Gasteiger partial charge is 0.165 e. The van der Waals surface area contributed by atoms with Crippen molar-refractivity contribution in [3.05, 3.63) is 75.3 Å². The molecule has 1 unspecified atom stereocenters. The SMILES string of the molecule is CCCC(N)c1cc(Cc2ccc(OC)c(F)c2)n(-c2ccc(Cl)cc2Cl)n1. The van der Waals surface area contributed by atoms with Gasteiger partial charge in [0.2, 0.25) is 0 Å². The number of nitrogens with two attached hydrogens (primary N) is 1. The number of benzene rings is 2. The fourth-order valence-electron chi connectivity index (χ4n) is 3.10. The summed E-state index contributed by atoms with van der Waals surface area (Å²) in [5.74, 6) is -0.192. The molecule has 2 N–H and O–H groups in total. The monoisotopic (exact) mass is 421 g/mol. The van der Waals surface area contributed by atoms with E-state index in [1.165, 1.54) is 13.2 Å². The summed E-state index contributed by atoms with van der Waals surface area (Å²) in [5.41, 5.74) is 9.40. The zero-order valence-corrected chi connectivity index (χ0v) is 17.3. The minimum absolute atomic E-state index is 0.177. The van der Waals surface area contributed by atoms with Gasteiger partial charge in [0.15, 0.2) is 11.6 Å². The van der Waals surface area contributed by atoms with Crippen molar-refractivity contribution in [3.63, 3.8) is 0 Å². The molecule has 1 aromatic heterocycles. The number of aromatic nitrogens is 2. The van der Waals surface area contributed by atoms with Crippen molar-refractivity contribution < 1.29 is 9.13 Å². The van der Waals surface area contributed by atoms with Crippen molar-refractivity contribution in [2.45, 2.75) is 32.2 Å². The minimum Gasteiger partial charge on any atom is -0.494 e. The Labute approximate surface area is 174 Å². The van der Waals surface area contributed by atoms with Gasteiger partial charge < -0.3 is 10.5 Å². The molecular weight excluding hydrogens is 400 g/mol. The number of rotatable bonds is 7. The van der Waals surface area contributed by atoms with Crippen LogP contribution in [-0.4, -0.2) is 16.9 Å². The molecule has 3 rings (SSSR count). The van der Waals surface area contributed by atoms with Crippen LogP contribution in [0.4, 0.5) is 4.39 Å². The summed E-state index contributed by atoms with van der Waals surface area (Å²) in [6.07, 6.45) is 2.24. The molecule has 0 saturated carbocycles. The molecule has 0 saturated heterocycles. The second-order valence-corrected chi connectivity index (χ2v) is 7.45. The maximum Gasteiger partial charge on any atom is 0.165 e. The predicted molar refractivity (Wildman–Crippen MR) is 111 cm³/mol. The van der Waals surface area contributed by atoms with E-state index in [1.807, 2.05) is 18.2 Å². The quantitative estimate of drug-likeness (QED) is 0.530. The first-order chi connectivity index (χ1) is 13.4. The van der Waals surface area contributed by atoms with Crippen molar-refractivity contribution in [2.75, 3.05) is 7.11 Å². The Morgan fingerprint density at radius 2 is 1.96 bits per heavy atom. The second kappa shape index (κ2) is 8.95. The number of ether oxygens (including phenoxy) is 1. The first kappa shape index (κ1) is 20.6. The third-order valence-corrected chi connectivity index (χ3v) is 5.06. The maximum atomic E-state index is 14.1. The maximum absolute atomic E-state index is 14.1. The van der Waals surface area contributed by atoms with Crippen molar-refractivity contribution >= 4 is 23.2 Å². The van der Waals surface area contributed by atoms with E-state index in [9.17, 15) is 4.39 Å². The molecule has 0 bridgehead atoms. The molecule has 2 aromatic carbocycles. The number of nitrogens with zero attached hydrogens (tertiary/aromatic N) is 2. The van der Waals surface area contributed by atoms with E-state index in [2.05, 4.69) is 12.0 Å². The van der Waals surface area contributed by atoms with Crippen LogP contribution in [0.1, 0.15) is 42.8 Å². The topological polar surface area (TPSA) is 53.1 Å². The molecular formula is C21H22Cl2FN3O. The third-order valence-electron chi connectivity index (χ3n) is 4.52. The van der Waals surface area contributed by atoms with Crippen LogP contribution in [0.25, 0.3) is 5.69 Å². The summed E-state index contributed by atoms with van der Waals surface area (Å²) in [5, 5.41) is 5.71. The zero-order chi connectivity index (χ0) is 20.3. The molecule has 0 radical (unpaired) electrons. The van der Waals surface area contributed by atoms with E-state index >= 15 is 0 Å². The zero-order valence-electron chi connectivity index (χ0n) is 15.8. The lowest BCUT2D eigenvalue weighted by Crippen LogP contribution is -2.11. The highest BCUT2D eigenvalue weighted by Crippen LogP contribution is 2.28. The van der Waals surface area contributed by atoms with E-state index in [1.54, 1.807) is 22.9 Å². The van der Waals surface area contributed by atoms with Gasteiger partial charge in [-0.1, -0.05) is 42.6 Å². The van der Waals surface area contributed by atoms with Crippen molar-refractivity contribution in [1.29, 1.82) is 0 Å². The third kappa shape index (κ3) is 4.49. The molecule has 0 aliphatic carbocycles. The number of hydrogen-bond donors (Lipinski definition) is 1.